The van der Waals surface area contributed by atoms with Crippen LogP contribution in [0.1, 0.15) is 19.4 Å². The molecule has 0 radical (unpaired) electrons. The van der Waals surface area contributed by atoms with Crippen molar-refractivity contribution < 1.29 is 24.5 Å². The van der Waals surface area contributed by atoms with Crippen LogP contribution in [-0.2, 0) is 16.0 Å². The van der Waals surface area contributed by atoms with E-state index in [4.69, 9.17) is 9.84 Å². The molecule has 1 atom stereocenters. The highest BCUT2D eigenvalue weighted by molar-refractivity contribution is 5.82. The minimum absolute atomic E-state index is 0.0122. The summed E-state index contributed by atoms with van der Waals surface area (Å²) in [5.74, 6) is -1.39. The van der Waals surface area contributed by atoms with Crippen molar-refractivity contribution >= 4 is 11.9 Å². The predicted octanol–water partition coefficient (Wildman–Crippen LogP) is 0.923. The van der Waals surface area contributed by atoms with E-state index in [0.717, 1.165) is 0 Å². The lowest BCUT2D eigenvalue weighted by Gasteiger charge is -2.15. The van der Waals surface area contributed by atoms with Gasteiger partial charge in [0.25, 0.3) is 0 Å². The van der Waals surface area contributed by atoms with Gasteiger partial charge in [-0.3, -0.25) is 4.79 Å². The van der Waals surface area contributed by atoms with Gasteiger partial charge in [-0.1, -0.05) is 12.1 Å². The van der Waals surface area contributed by atoms with Crippen LogP contribution in [0.25, 0.3) is 0 Å². The maximum atomic E-state index is 11.0. The number of para-hydroxylation sites is 1. The predicted molar refractivity (Wildman–Crippen MR) is 68.2 cm³/mol. The van der Waals surface area contributed by atoms with Gasteiger partial charge in [0.1, 0.15) is 6.04 Å². The maximum absolute atomic E-state index is 11.0. The standard InChI is InChI=1S/C13H17NO5/c1-3-19-11-6-4-5-9(12(11)16)7-10(13(17)18)14-8(2)15/h4-6,10,16H,3,7H2,1-2H3,(H,14,15)(H,17,18). The molecule has 0 fully saturated rings. The number of aliphatic carboxylic acids is 1. The molecule has 0 aliphatic carbocycles. The summed E-state index contributed by atoms with van der Waals surface area (Å²) in [4.78, 5) is 22.0. The first-order valence-corrected chi connectivity index (χ1v) is 5.89. The van der Waals surface area contributed by atoms with Crippen molar-refractivity contribution in [2.75, 3.05) is 6.61 Å². The van der Waals surface area contributed by atoms with E-state index < -0.39 is 17.9 Å². The normalized spacial score (nSPS) is 11.7. The quantitative estimate of drug-likeness (QED) is 0.712. The highest BCUT2D eigenvalue weighted by Crippen LogP contribution is 2.30. The number of nitrogens with one attached hydrogen (secondary N) is 1. The van der Waals surface area contributed by atoms with Gasteiger partial charge in [-0.2, -0.15) is 0 Å². The molecule has 0 spiro atoms. The molecule has 6 nitrogen and oxygen atoms in total. The molecule has 0 aromatic heterocycles. The topological polar surface area (TPSA) is 95.9 Å². The van der Waals surface area contributed by atoms with Crippen molar-refractivity contribution in [3.8, 4) is 11.5 Å². The van der Waals surface area contributed by atoms with Crippen LogP contribution in [0, 0.1) is 0 Å². The van der Waals surface area contributed by atoms with Gasteiger partial charge in [-0.25, -0.2) is 4.79 Å². The Morgan fingerprint density at radius 1 is 1.42 bits per heavy atom. The van der Waals surface area contributed by atoms with Crippen LogP contribution in [0.5, 0.6) is 11.5 Å². The number of hydrogen-bond donors (Lipinski definition) is 3. The number of carbonyl (C=O) groups is 2. The van der Waals surface area contributed by atoms with E-state index in [1.807, 2.05) is 0 Å². The molecule has 104 valence electrons. The lowest BCUT2D eigenvalue weighted by molar-refractivity contribution is -0.141. The molecule has 0 bridgehead atoms. The highest BCUT2D eigenvalue weighted by Gasteiger charge is 2.21. The first-order valence-electron chi connectivity index (χ1n) is 5.89. The number of amides is 1. The van der Waals surface area contributed by atoms with Crippen LogP contribution in [0.3, 0.4) is 0 Å². The zero-order valence-electron chi connectivity index (χ0n) is 10.8. The highest BCUT2D eigenvalue weighted by atomic mass is 16.5. The molecule has 1 rings (SSSR count). The second-order valence-electron chi connectivity index (χ2n) is 3.99. The fraction of sp³-hybridized carbons (Fsp3) is 0.385. The Kier molecular flexibility index (Phi) is 5.17. The average molecular weight is 267 g/mol. The van der Waals surface area contributed by atoms with E-state index in [1.54, 1.807) is 25.1 Å². The van der Waals surface area contributed by atoms with Gasteiger partial charge < -0.3 is 20.3 Å². The zero-order chi connectivity index (χ0) is 14.4. The third kappa shape index (κ3) is 4.17. The fourth-order valence-corrected chi connectivity index (χ4v) is 1.67. The maximum Gasteiger partial charge on any atom is 0.326 e. The SMILES string of the molecule is CCOc1cccc(CC(NC(C)=O)C(=O)O)c1O. The Morgan fingerprint density at radius 2 is 2.11 bits per heavy atom. The number of hydrogen-bond acceptors (Lipinski definition) is 4. The summed E-state index contributed by atoms with van der Waals surface area (Å²) in [6.45, 7) is 3.42. The molecular weight excluding hydrogens is 250 g/mol. The number of rotatable bonds is 6. The number of carboxylic acid groups (broad SMARTS) is 1. The molecule has 1 aromatic rings. The molecule has 0 aliphatic rings. The summed E-state index contributed by atoms with van der Waals surface area (Å²) >= 11 is 0. The Hall–Kier alpha value is -2.24. The Labute approximate surface area is 111 Å². The summed E-state index contributed by atoms with van der Waals surface area (Å²) in [6, 6.07) is 3.76. The molecule has 6 heteroatoms. The Balaban J connectivity index is 2.93. The van der Waals surface area contributed by atoms with Crippen molar-refractivity contribution in [1.29, 1.82) is 0 Å². The summed E-state index contributed by atoms with van der Waals surface area (Å²) in [5, 5.41) is 21.3. The molecular formula is C13H17NO5. The zero-order valence-corrected chi connectivity index (χ0v) is 10.8. The van der Waals surface area contributed by atoms with Crippen LogP contribution >= 0.6 is 0 Å². The van der Waals surface area contributed by atoms with Crippen molar-refractivity contribution in [2.45, 2.75) is 26.3 Å². The lowest BCUT2D eigenvalue weighted by atomic mass is 10.0. The molecule has 1 unspecified atom stereocenters. The minimum Gasteiger partial charge on any atom is -0.504 e. The third-order valence-electron chi connectivity index (χ3n) is 2.48. The largest absolute Gasteiger partial charge is 0.504 e. The van der Waals surface area contributed by atoms with Crippen LogP contribution in [0.15, 0.2) is 18.2 Å². The first kappa shape index (κ1) is 14.8. The molecule has 0 saturated heterocycles. The van der Waals surface area contributed by atoms with Crippen molar-refractivity contribution in [2.24, 2.45) is 0 Å². The summed E-state index contributed by atoms with van der Waals surface area (Å²) < 4.78 is 5.22. The van der Waals surface area contributed by atoms with E-state index in [9.17, 15) is 14.7 Å². The van der Waals surface area contributed by atoms with Gasteiger partial charge in [0, 0.05) is 18.9 Å². The first-order chi connectivity index (χ1) is 8.95. The number of carbonyl (C=O) groups excluding carboxylic acids is 1. The molecule has 0 heterocycles. The van der Waals surface area contributed by atoms with Crippen LogP contribution < -0.4 is 10.1 Å². The third-order valence-corrected chi connectivity index (χ3v) is 2.48. The van der Waals surface area contributed by atoms with Crippen LogP contribution in [0.4, 0.5) is 0 Å². The minimum atomic E-state index is -1.16. The molecule has 3 N–H and O–H groups in total. The number of carboxylic acids is 1. The number of aromatic hydroxyl groups is 1. The van der Waals surface area contributed by atoms with Gasteiger partial charge in [-0.15, -0.1) is 0 Å². The smallest absolute Gasteiger partial charge is 0.326 e. The molecule has 1 amide bonds. The van der Waals surface area contributed by atoms with Crippen molar-refractivity contribution in [3.05, 3.63) is 23.8 Å². The second kappa shape index (κ2) is 6.63. The Morgan fingerprint density at radius 3 is 2.63 bits per heavy atom. The number of ether oxygens (including phenoxy) is 1. The number of phenolic OH excluding ortho intramolecular Hbond substituents is 1. The second-order valence-corrected chi connectivity index (χ2v) is 3.99. The van der Waals surface area contributed by atoms with Crippen LogP contribution in [0.2, 0.25) is 0 Å². The van der Waals surface area contributed by atoms with Gasteiger partial charge in [-0.05, 0) is 13.0 Å². The van der Waals surface area contributed by atoms with E-state index in [0.29, 0.717) is 17.9 Å². The van der Waals surface area contributed by atoms with Crippen LogP contribution in [-0.4, -0.2) is 34.7 Å². The molecule has 0 aliphatic heterocycles. The number of benzene rings is 1. The van der Waals surface area contributed by atoms with E-state index in [1.165, 1.54) is 6.92 Å². The summed E-state index contributed by atoms with van der Waals surface area (Å²) in [7, 11) is 0. The van der Waals surface area contributed by atoms with E-state index in [-0.39, 0.29) is 12.2 Å². The molecule has 1 aromatic carbocycles. The van der Waals surface area contributed by atoms with Gasteiger partial charge in [0.15, 0.2) is 11.5 Å². The van der Waals surface area contributed by atoms with E-state index in [2.05, 4.69) is 5.32 Å². The van der Waals surface area contributed by atoms with E-state index >= 15 is 0 Å². The Bertz CT molecular complexity index is 472. The molecule has 19 heavy (non-hydrogen) atoms. The summed E-state index contributed by atoms with van der Waals surface area (Å²) in [5.41, 5.74) is 0.409. The fourth-order valence-electron chi connectivity index (χ4n) is 1.67. The number of phenols is 1. The van der Waals surface area contributed by atoms with Gasteiger partial charge >= 0.3 is 5.97 Å². The van der Waals surface area contributed by atoms with Gasteiger partial charge in [0.2, 0.25) is 5.91 Å². The van der Waals surface area contributed by atoms with Gasteiger partial charge in [0.05, 0.1) is 6.61 Å². The monoisotopic (exact) mass is 267 g/mol. The molecule has 0 saturated carbocycles. The van der Waals surface area contributed by atoms with Crippen molar-refractivity contribution in [1.82, 2.24) is 5.32 Å². The summed E-state index contributed by atoms with van der Waals surface area (Å²) in [6.07, 6.45) is -0.0122. The van der Waals surface area contributed by atoms with Crippen molar-refractivity contribution in [3.63, 3.8) is 0 Å². The average Bonchev–Trinajstić information content (AvgIpc) is 2.32. The lowest BCUT2D eigenvalue weighted by Crippen LogP contribution is -2.41.